The van der Waals surface area contributed by atoms with Crippen LogP contribution in [-0.2, 0) is 23.9 Å². The van der Waals surface area contributed by atoms with Crippen LogP contribution in [0.5, 0.6) is 0 Å². The number of esters is 2. The van der Waals surface area contributed by atoms with Gasteiger partial charge in [-0.2, -0.15) is 0 Å². The van der Waals surface area contributed by atoms with E-state index >= 15 is 0 Å². The van der Waals surface area contributed by atoms with Gasteiger partial charge < -0.3 is 14.3 Å². The zero-order valence-electron chi connectivity index (χ0n) is 16.6. The standard InChI is InChI=1S/C22H30O5/c1-13-10-22-11-14(13)6-7-15(22)21(12-23)9-5-8-20(2,19(25)27-4)17(21)16(22)18(24)26-3/h12,14-17H,1,5-11H2,2-4H3. The molecule has 5 nitrogen and oxygen atoms in total. The minimum atomic E-state index is -0.849. The summed E-state index contributed by atoms with van der Waals surface area (Å²) in [4.78, 5) is 38.8. The van der Waals surface area contributed by atoms with Crippen LogP contribution >= 0.6 is 0 Å². The van der Waals surface area contributed by atoms with Crippen molar-refractivity contribution >= 4 is 18.2 Å². The van der Waals surface area contributed by atoms with Crippen molar-refractivity contribution in [3.8, 4) is 0 Å². The van der Waals surface area contributed by atoms with E-state index in [9.17, 15) is 14.4 Å². The number of ether oxygens (including phenoxy) is 2. The largest absolute Gasteiger partial charge is 0.469 e. The van der Waals surface area contributed by atoms with E-state index in [1.165, 1.54) is 19.8 Å². The van der Waals surface area contributed by atoms with Crippen LogP contribution in [0, 0.1) is 39.9 Å². The first-order valence-electron chi connectivity index (χ1n) is 10.1. The molecule has 0 aromatic carbocycles. The summed E-state index contributed by atoms with van der Waals surface area (Å²) < 4.78 is 10.5. The molecule has 0 radical (unpaired) electrons. The van der Waals surface area contributed by atoms with E-state index in [4.69, 9.17) is 9.47 Å². The fourth-order valence-electron chi connectivity index (χ4n) is 7.97. The molecule has 27 heavy (non-hydrogen) atoms. The molecule has 4 aliphatic rings. The van der Waals surface area contributed by atoms with Crippen molar-refractivity contribution in [2.45, 2.75) is 51.9 Å². The lowest BCUT2D eigenvalue weighted by atomic mass is 9.53. The Kier molecular flexibility index (Phi) is 4.10. The van der Waals surface area contributed by atoms with Gasteiger partial charge in [-0.3, -0.25) is 9.59 Å². The Labute approximate surface area is 160 Å². The molecule has 7 atom stereocenters. The second kappa shape index (κ2) is 5.92. The fraction of sp³-hybridized carbons (Fsp3) is 0.773. The Balaban J connectivity index is 1.96. The summed E-state index contributed by atoms with van der Waals surface area (Å²) in [6.07, 6.45) is 6.87. The van der Waals surface area contributed by atoms with Gasteiger partial charge >= 0.3 is 11.9 Å². The van der Waals surface area contributed by atoms with Crippen molar-refractivity contribution in [3.63, 3.8) is 0 Å². The Hall–Kier alpha value is -1.65. The summed E-state index contributed by atoms with van der Waals surface area (Å²) in [5, 5.41) is 0. The smallest absolute Gasteiger partial charge is 0.311 e. The molecule has 5 heteroatoms. The SMILES string of the molecule is C=C1CC23CC1CCC2C1(C=O)CCCC(C)(C(=O)OC)C1C3C(=O)OC. The summed E-state index contributed by atoms with van der Waals surface area (Å²) in [5.41, 5.74) is -0.613. The van der Waals surface area contributed by atoms with Crippen molar-refractivity contribution < 1.29 is 23.9 Å². The molecule has 1 spiro atoms. The number of hydrogen-bond acceptors (Lipinski definition) is 5. The Bertz CT molecular complexity index is 713. The monoisotopic (exact) mass is 374 g/mol. The van der Waals surface area contributed by atoms with Crippen LogP contribution in [0.25, 0.3) is 0 Å². The van der Waals surface area contributed by atoms with Crippen LogP contribution in [0.4, 0.5) is 0 Å². The van der Waals surface area contributed by atoms with Crippen molar-refractivity contribution in [2.75, 3.05) is 14.2 Å². The van der Waals surface area contributed by atoms with Crippen LogP contribution in [0.1, 0.15) is 51.9 Å². The number of fused-ring (bicyclic) bond motifs is 3. The molecule has 0 saturated heterocycles. The van der Waals surface area contributed by atoms with Gasteiger partial charge in [-0.15, -0.1) is 0 Å². The highest BCUT2D eigenvalue weighted by molar-refractivity contribution is 5.84. The van der Waals surface area contributed by atoms with E-state index in [-0.39, 0.29) is 29.2 Å². The zero-order chi connectivity index (χ0) is 19.6. The third kappa shape index (κ3) is 2.09. The predicted octanol–water partition coefficient (Wildman–Crippen LogP) is 3.32. The maximum absolute atomic E-state index is 13.2. The van der Waals surface area contributed by atoms with Gasteiger partial charge in [0.05, 0.1) is 25.6 Å². The summed E-state index contributed by atoms with van der Waals surface area (Å²) >= 11 is 0. The molecule has 4 saturated carbocycles. The highest BCUT2D eigenvalue weighted by Gasteiger charge is 2.76. The molecule has 4 rings (SSSR count). The Morgan fingerprint density at radius 3 is 2.56 bits per heavy atom. The van der Waals surface area contributed by atoms with E-state index < -0.39 is 16.7 Å². The van der Waals surface area contributed by atoms with Crippen molar-refractivity contribution in [1.29, 1.82) is 0 Å². The third-order valence-corrected chi connectivity index (χ3v) is 8.76. The number of allylic oxidation sites excluding steroid dienone is 1. The quantitative estimate of drug-likeness (QED) is 0.431. The molecule has 4 fully saturated rings. The molecule has 148 valence electrons. The highest BCUT2D eigenvalue weighted by Crippen LogP contribution is 2.77. The van der Waals surface area contributed by atoms with Gasteiger partial charge in [0.1, 0.15) is 6.29 Å². The molecule has 0 aromatic rings. The molecule has 0 aliphatic heterocycles. The van der Waals surface area contributed by atoms with Crippen LogP contribution in [-0.4, -0.2) is 32.4 Å². The van der Waals surface area contributed by atoms with E-state index in [0.29, 0.717) is 12.3 Å². The number of methoxy groups -OCH3 is 2. The zero-order valence-corrected chi connectivity index (χ0v) is 16.6. The van der Waals surface area contributed by atoms with Crippen molar-refractivity contribution in [1.82, 2.24) is 0 Å². The van der Waals surface area contributed by atoms with Crippen LogP contribution in [0.15, 0.2) is 12.2 Å². The number of hydrogen-bond donors (Lipinski definition) is 0. The first-order chi connectivity index (χ1) is 12.8. The summed E-state index contributed by atoms with van der Waals surface area (Å²) in [6.45, 7) is 6.19. The molecule has 0 N–H and O–H groups in total. The molecule has 0 aromatic heterocycles. The lowest BCUT2D eigenvalue weighted by Crippen LogP contribution is -2.52. The first-order valence-corrected chi connectivity index (χ1v) is 10.1. The molecular formula is C22H30O5. The van der Waals surface area contributed by atoms with E-state index in [0.717, 1.165) is 44.8 Å². The van der Waals surface area contributed by atoms with Gasteiger partial charge in [-0.05, 0) is 62.7 Å². The average Bonchev–Trinajstić information content (AvgIpc) is 3.08. The Morgan fingerprint density at radius 1 is 1.19 bits per heavy atom. The number of aldehydes is 1. The van der Waals surface area contributed by atoms with Gasteiger partial charge in [0.25, 0.3) is 0 Å². The van der Waals surface area contributed by atoms with Gasteiger partial charge in [0, 0.05) is 11.3 Å². The lowest BCUT2D eigenvalue weighted by molar-refractivity contribution is -0.171. The van der Waals surface area contributed by atoms with Crippen LogP contribution in [0.2, 0.25) is 0 Å². The third-order valence-electron chi connectivity index (χ3n) is 8.76. The van der Waals surface area contributed by atoms with Crippen molar-refractivity contribution in [3.05, 3.63) is 12.2 Å². The van der Waals surface area contributed by atoms with Gasteiger partial charge in [-0.25, -0.2) is 0 Å². The summed E-state index contributed by atoms with van der Waals surface area (Å²) in [6, 6.07) is 0. The molecule has 2 bridgehead atoms. The normalized spacial score (nSPS) is 47.7. The topological polar surface area (TPSA) is 69.7 Å². The minimum Gasteiger partial charge on any atom is -0.469 e. The van der Waals surface area contributed by atoms with Crippen LogP contribution < -0.4 is 0 Å². The minimum absolute atomic E-state index is 0.108. The van der Waals surface area contributed by atoms with E-state index in [1.807, 2.05) is 6.92 Å². The highest BCUT2D eigenvalue weighted by atomic mass is 16.5. The average molecular weight is 374 g/mol. The first kappa shape index (κ1) is 18.7. The Morgan fingerprint density at radius 2 is 1.93 bits per heavy atom. The second-order valence-electron chi connectivity index (χ2n) is 9.57. The maximum atomic E-state index is 13.2. The van der Waals surface area contributed by atoms with E-state index in [2.05, 4.69) is 6.58 Å². The maximum Gasteiger partial charge on any atom is 0.311 e. The predicted molar refractivity (Wildman–Crippen MR) is 98.5 cm³/mol. The summed E-state index contributed by atoms with van der Waals surface area (Å²) in [5.74, 6) is -0.884. The molecule has 7 unspecified atom stereocenters. The molecular weight excluding hydrogens is 344 g/mol. The fourth-order valence-corrected chi connectivity index (χ4v) is 7.97. The number of carbonyl (C=O) groups excluding carboxylic acids is 3. The molecule has 4 aliphatic carbocycles. The van der Waals surface area contributed by atoms with Crippen molar-refractivity contribution in [2.24, 2.45) is 39.9 Å². The lowest BCUT2D eigenvalue weighted by Gasteiger charge is -2.49. The van der Waals surface area contributed by atoms with Gasteiger partial charge in [0.15, 0.2) is 0 Å². The van der Waals surface area contributed by atoms with E-state index in [1.54, 1.807) is 0 Å². The number of rotatable bonds is 3. The second-order valence-corrected chi connectivity index (χ2v) is 9.57. The molecule has 0 amide bonds. The van der Waals surface area contributed by atoms with Crippen LogP contribution in [0.3, 0.4) is 0 Å². The molecule has 0 heterocycles. The summed E-state index contributed by atoms with van der Waals surface area (Å²) in [7, 11) is 2.81. The van der Waals surface area contributed by atoms with Gasteiger partial charge in [0.2, 0.25) is 0 Å². The number of carbonyl (C=O) groups is 3. The van der Waals surface area contributed by atoms with Gasteiger partial charge in [-0.1, -0.05) is 18.6 Å².